The van der Waals surface area contributed by atoms with Gasteiger partial charge in [-0.3, -0.25) is 4.40 Å². The molecule has 21 heavy (non-hydrogen) atoms. The van der Waals surface area contributed by atoms with Gasteiger partial charge in [0.05, 0.1) is 30.7 Å². The normalized spacial score (nSPS) is 11.0. The summed E-state index contributed by atoms with van der Waals surface area (Å²) in [6.45, 7) is 4.52. The lowest BCUT2D eigenvalue weighted by molar-refractivity contribution is 0.414. The van der Waals surface area contributed by atoms with E-state index in [1.165, 1.54) is 6.07 Å². The van der Waals surface area contributed by atoms with E-state index in [9.17, 15) is 4.39 Å². The molecule has 110 valence electrons. The van der Waals surface area contributed by atoms with Gasteiger partial charge in [0, 0.05) is 17.1 Å². The number of thiazole rings is 1. The van der Waals surface area contributed by atoms with E-state index in [4.69, 9.17) is 4.74 Å². The molecule has 0 aliphatic rings. The molecule has 1 aromatic carbocycles. The zero-order valence-corrected chi connectivity index (χ0v) is 12.9. The number of ether oxygens (including phenoxy) is 1. The maximum Gasteiger partial charge on any atom is 0.194 e. The largest absolute Gasteiger partial charge is 0.497 e. The molecule has 3 rings (SSSR count). The van der Waals surface area contributed by atoms with Crippen molar-refractivity contribution in [2.24, 2.45) is 0 Å². The number of aryl methyl sites for hydroxylation is 2. The summed E-state index contributed by atoms with van der Waals surface area (Å²) in [5, 5.41) is 5.20. The first-order chi connectivity index (χ1) is 10.1. The Balaban J connectivity index is 1.90. The predicted octanol–water partition coefficient (Wildman–Crippen LogP) is 3.77. The fraction of sp³-hybridized carbons (Fsp3) is 0.267. The molecule has 2 aromatic heterocycles. The van der Waals surface area contributed by atoms with Gasteiger partial charge in [-0.25, -0.2) is 9.37 Å². The van der Waals surface area contributed by atoms with E-state index < -0.39 is 0 Å². The second-order valence-electron chi connectivity index (χ2n) is 4.84. The minimum Gasteiger partial charge on any atom is -0.497 e. The smallest absolute Gasteiger partial charge is 0.194 e. The van der Waals surface area contributed by atoms with Crippen molar-refractivity contribution < 1.29 is 9.13 Å². The number of hydrogen-bond donors (Lipinski definition) is 1. The summed E-state index contributed by atoms with van der Waals surface area (Å²) in [5.74, 6) is 0.331. The molecule has 0 fully saturated rings. The Morgan fingerprint density at radius 1 is 1.38 bits per heavy atom. The van der Waals surface area contributed by atoms with E-state index in [1.807, 2.05) is 13.8 Å². The molecule has 0 spiro atoms. The van der Waals surface area contributed by atoms with E-state index in [1.54, 1.807) is 30.6 Å². The number of nitrogens with zero attached hydrogens (tertiary/aromatic N) is 2. The quantitative estimate of drug-likeness (QED) is 0.797. The van der Waals surface area contributed by atoms with Crippen molar-refractivity contribution in [1.82, 2.24) is 9.38 Å². The fourth-order valence-corrected chi connectivity index (χ4v) is 3.25. The first-order valence-corrected chi connectivity index (χ1v) is 7.47. The highest BCUT2D eigenvalue weighted by molar-refractivity contribution is 7.15. The van der Waals surface area contributed by atoms with Gasteiger partial charge in [0.2, 0.25) is 0 Å². The van der Waals surface area contributed by atoms with Gasteiger partial charge in [0.25, 0.3) is 0 Å². The third-order valence-electron chi connectivity index (χ3n) is 3.45. The van der Waals surface area contributed by atoms with Crippen LogP contribution in [0.2, 0.25) is 0 Å². The van der Waals surface area contributed by atoms with Gasteiger partial charge in [0.1, 0.15) is 11.6 Å². The number of benzene rings is 1. The lowest BCUT2D eigenvalue weighted by Gasteiger charge is -2.10. The SMILES string of the molecule is COc1ccc(F)c(NCc2c(C)nc3scc(C)n23)c1. The van der Waals surface area contributed by atoms with Crippen LogP contribution < -0.4 is 10.1 Å². The molecule has 0 bridgehead atoms. The van der Waals surface area contributed by atoms with Crippen LogP contribution in [-0.4, -0.2) is 16.5 Å². The van der Waals surface area contributed by atoms with Gasteiger partial charge in [-0.15, -0.1) is 11.3 Å². The zero-order chi connectivity index (χ0) is 15.0. The number of nitrogens with one attached hydrogen (secondary N) is 1. The van der Waals surface area contributed by atoms with Crippen molar-refractivity contribution in [1.29, 1.82) is 0 Å². The van der Waals surface area contributed by atoms with Crippen LogP contribution in [0.15, 0.2) is 23.6 Å². The molecule has 4 nitrogen and oxygen atoms in total. The topological polar surface area (TPSA) is 38.6 Å². The predicted molar refractivity (Wildman–Crippen MR) is 82.8 cm³/mol. The van der Waals surface area contributed by atoms with Crippen molar-refractivity contribution in [3.8, 4) is 5.75 Å². The lowest BCUT2D eigenvalue weighted by Crippen LogP contribution is -2.06. The summed E-state index contributed by atoms with van der Waals surface area (Å²) >= 11 is 1.61. The van der Waals surface area contributed by atoms with Crippen molar-refractivity contribution in [2.45, 2.75) is 20.4 Å². The summed E-state index contributed by atoms with van der Waals surface area (Å²) in [6.07, 6.45) is 0. The first kappa shape index (κ1) is 13.9. The molecule has 0 unspecified atom stereocenters. The van der Waals surface area contributed by atoms with Crippen molar-refractivity contribution in [2.75, 3.05) is 12.4 Å². The number of aromatic nitrogens is 2. The van der Waals surface area contributed by atoms with E-state index in [-0.39, 0.29) is 5.82 Å². The second-order valence-corrected chi connectivity index (χ2v) is 5.67. The second kappa shape index (κ2) is 5.37. The first-order valence-electron chi connectivity index (χ1n) is 6.59. The highest BCUT2D eigenvalue weighted by Crippen LogP contribution is 2.24. The molecular formula is C15H16FN3OS. The van der Waals surface area contributed by atoms with Gasteiger partial charge in [0.15, 0.2) is 4.96 Å². The number of imidazole rings is 1. The van der Waals surface area contributed by atoms with Gasteiger partial charge in [-0.2, -0.15) is 0 Å². The molecular weight excluding hydrogens is 289 g/mol. The number of hydrogen-bond acceptors (Lipinski definition) is 4. The Hall–Kier alpha value is -2.08. The highest BCUT2D eigenvalue weighted by Gasteiger charge is 2.13. The summed E-state index contributed by atoms with van der Waals surface area (Å²) in [6, 6.07) is 4.66. The van der Waals surface area contributed by atoms with Crippen molar-refractivity contribution >= 4 is 22.0 Å². The van der Waals surface area contributed by atoms with Gasteiger partial charge >= 0.3 is 0 Å². The third-order valence-corrected chi connectivity index (χ3v) is 4.39. The number of halogens is 1. The van der Waals surface area contributed by atoms with Crippen LogP contribution in [0.5, 0.6) is 5.75 Å². The average Bonchev–Trinajstić information content (AvgIpc) is 2.98. The molecule has 1 N–H and O–H groups in total. The van der Waals surface area contributed by atoms with Crippen LogP contribution in [-0.2, 0) is 6.54 Å². The van der Waals surface area contributed by atoms with Crippen molar-refractivity contribution in [3.63, 3.8) is 0 Å². The number of fused-ring (bicyclic) bond motifs is 1. The summed E-state index contributed by atoms with van der Waals surface area (Å²) in [5.41, 5.74) is 3.57. The van der Waals surface area contributed by atoms with Crippen LogP contribution >= 0.6 is 11.3 Å². The molecule has 0 saturated heterocycles. The zero-order valence-electron chi connectivity index (χ0n) is 12.1. The standard InChI is InChI=1S/C15H16FN3OS/c1-9-8-21-15-18-10(2)14(19(9)15)7-17-13-6-11(20-3)4-5-12(13)16/h4-6,8,17H,7H2,1-3H3. The summed E-state index contributed by atoms with van der Waals surface area (Å²) in [7, 11) is 1.57. The van der Waals surface area contributed by atoms with Crippen LogP contribution in [0.25, 0.3) is 4.96 Å². The molecule has 3 aromatic rings. The molecule has 2 heterocycles. The number of rotatable bonds is 4. The number of anilines is 1. The molecule has 0 radical (unpaired) electrons. The molecule has 0 aliphatic carbocycles. The monoisotopic (exact) mass is 305 g/mol. The summed E-state index contributed by atoms with van der Waals surface area (Å²) in [4.78, 5) is 5.49. The Morgan fingerprint density at radius 3 is 2.95 bits per heavy atom. The van der Waals surface area contributed by atoms with E-state index in [0.29, 0.717) is 18.0 Å². The molecule has 0 amide bonds. The van der Waals surface area contributed by atoms with Gasteiger partial charge in [-0.1, -0.05) is 0 Å². The lowest BCUT2D eigenvalue weighted by atomic mass is 10.2. The van der Waals surface area contributed by atoms with Gasteiger partial charge < -0.3 is 10.1 Å². The van der Waals surface area contributed by atoms with E-state index >= 15 is 0 Å². The third kappa shape index (κ3) is 2.47. The Labute approximate surface area is 126 Å². The fourth-order valence-electron chi connectivity index (χ4n) is 2.32. The number of methoxy groups -OCH3 is 1. The van der Waals surface area contributed by atoms with Crippen LogP contribution in [0.3, 0.4) is 0 Å². The molecule has 6 heteroatoms. The molecule has 0 aliphatic heterocycles. The maximum atomic E-state index is 13.8. The van der Waals surface area contributed by atoms with Gasteiger partial charge in [-0.05, 0) is 26.0 Å². The van der Waals surface area contributed by atoms with Crippen LogP contribution in [0, 0.1) is 19.7 Å². The minimum atomic E-state index is -0.295. The molecule has 0 saturated carbocycles. The van der Waals surface area contributed by atoms with Crippen LogP contribution in [0.1, 0.15) is 17.1 Å². The Kier molecular flexibility index (Phi) is 3.55. The van der Waals surface area contributed by atoms with E-state index in [2.05, 4.69) is 20.1 Å². The molecule has 0 atom stereocenters. The minimum absolute atomic E-state index is 0.295. The Bertz CT molecular complexity index is 794. The average molecular weight is 305 g/mol. The highest BCUT2D eigenvalue weighted by atomic mass is 32.1. The summed E-state index contributed by atoms with van der Waals surface area (Å²) < 4.78 is 21.1. The van der Waals surface area contributed by atoms with Crippen LogP contribution in [0.4, 0.5) is 10.1 Å². The van der Waals surface area contributed by atoms with E-state index in [0.717, 1.165) is 22.0 Å². The van der Waals surface area contributed by atoms with Crippen molar-refractivity contribution in [3.05, 3.63) is 46.5 Å². The maximum absolute atomic E-state index is 13.8. The Morgan fingerprint density at radius 2 is 2.19 bits per heavy atom.